The van der Waals surface area contributed by atoms with Gasteiger partial charge in [0.2, 0.25) is 0 Å². The van der Waals surface area contributed by atoms with Gasteiger partial charge >= 0.3 is 5.97 Å². The number of aromatic nitrogens is 1. The van der Waals surface area contributed by atoms with Crippen molar-refractivity contribution in [1.82, 2.24) is 4.98 Å². The number of hydrogen-bond donors (Lipinski definition) is 2. The molecule has 0 aliphatic carbocycles. The van der Waals surface area contributed by atoms with Gasteiger partial charge in [0.25, 0.3) is 0 Å². The van der Waals surface area contributed by atoms with Crippen LogP contribution in [0.15, 0.2) is 48.5 Å². The molecule has 0 unspecified atom stereocenters. The summed E-state index contributed by atoms with van der Waals surface area (Å²) in [5.74, 6) is -0.342. The lowest BCUT2D eigenvalue weighted by Crippen LogP contribution is -2.04. The number of carbonyl (C=O) groups is 1. The van der Waals surface area contributed by atoms with Gasteiger partial charge in [0.1, 0.15) is 11.4 Å². The van der Waals surface area contributed by atoms with Crippen LogP contribution in [0.2, 0.25) is 0 Å². The van der Waals surface area contributed by atoms with Gasteiger partial charge in [-0.25, -0.2) is 4.98 Å². The molecule has 0 amide bonds. The molecule has 0 atom stereocenters. The van der Waals surface area contributed by atoms with E-state index in [1.165, 1.54) is 11.6 Å². The topological polar surface area (TPSA) is 79.7 Å². The van der Waals surface area contributed by atoms with Crippen LogP contribution in [0.25, 0.3) is 6.08 Å². The van der Waals surface area contributed by atoms with Gasteiger partial charge in [0, 0.05) is 6.42 Å². The molecule has 2 aromatic rings. The molecule has 0 radical (unpaired) electrons. The summed E-state index contributed by atoms with van der Waals surface area (Å²) in [4.78, 5) is 14.8. The van der Waals surface area contributed by atoms with E-state index in [4.69, 9.17) is 14.9 Å². The number of aliphatic carboxylic acids is 1. The van der Waals surface area contributed by atoms with E-state index in [1.807, 2.05) is 30.3 Å². The van der Waals surface area contributed by atoms with E-state index >= 15 is 0 Å². The second-order valence-corrected chi connectivity index (χ2v) is 4.93. The van der Waals surface area contributed by atoms with E-state index in [9.17, 15) is 4.79 Å². The van der Waals surface area contributed by atoms with E-state index in [0.717, 1.165) is 6.42 Å². The Morgan fingerprint density at radius 1 is 1.17 bits per heavy atom. The van der Waals surface area contributed by atoms with E-state index in [2.05, 4.69) is 4.98 Å². The summed E-state index contributed by atoms with van der Waals surface area (Å²) in [5.41, 5.74) is 2.21. The Bertz CT molecular complexity index is 668. The first-order valence-electron chi connectivity index (χ1n) is 7.35. The molecular formula is C18H19NO4. The standard InChI is InChI=1S/C18H19NO4/c20-13-15-9-10-17(16(19-15)7-4-8-18(21)22)23-12-11-14-5-2-1-3-6-14/h1-7,9-10,20H,8,11-13H2,(H,21,22). The average Bonchev–Trinajstić information content (AvgIpc) is 2.56. The largest absolute Gasteiger partial charge is 0.491 e. The fourth-order valence-electron chi connectivity index (χ4n) is 2.03. The van der Waals surface area contributed by atoms with Crippen LogP contribution < -0.4 is 4.74 Å². The number of aliphatic hydroxyl groups is 1. The molecule has 1 heterocycles. The van der Waals surface area contributed by atoms with Crippen molar-refractivity contribution in [2.24, 2.45) is 0 Å². The minimum atomic E-state index is -0.911. The second kappa shape index (κ2) is 8.70. The summed E-state index contributed by atoms with van der Waals surface area (Å²) in [6.07, 6.45) is 3.79. The van der Waals surface area contributed by atoms with Crippen molar-refractivity contribution in [2.45, 2.75) is 19.4 Å². The highest BCUT2D eigenvalue weighted by Gasteiger charge is 2.05. The van der Waals surface area contributed by atoms with Crippen LogP contribution in [-0.2, 0) is 17.8 Å². The maximum absolute atomic E-state index is 10.6. The van der Waals surface area contributed by atoms with Gasteiger partial charge < -0.3 is 14.9 Å². The average molecular weight is 313 g/mol. The molecule has 1 aromatic carbocycles. The van der Waals surface area contributed by atoms with E-state index in [0.29, 0.717) is 23.7 Å². The Morgan fingerprint density at radius 3 is 2.65 bits per heavy atom. The zero-order valence-corrected chi connectivity index (χ0v) is 12.7. The Kier molecular flexibility index (Phi) is 6.32. The maximum atomic E-state index is 10.6. The fraction of sp³-hybridized carbons (Fsp3) is 0.222. The lowest BCUT2D eigenvalue weighted by Gasteiger charge is -2.10. The van der Waals surface area contributed by atoms with Crippen molar-refractivity contribution in [3.63, 3.8) is 0 Å². The zero-order valence-electron chi connectivity index (χ0n) is 12.7. The molecular weight excluding hydrogens is 294 g/mol. The van der Waals surface area contributed by atoms with Gasteiger partial charge in [-0.05, 0) is 23.8 Å². The van der Waals surface area contributed by atoms with E-state index in [1.54, 1.807) is 18.2 Å². The van der Waals surface area contributed by atoms with Gasteiger partial charge in [-0.3, -0.25) is 4.79 Å². The molecule has 0 bridgehead atoms. The van der Waals surface area contributed by atoms with Crippen molar-refractivity contribution >= 4 is 12.0 Å². The van der Waals surface area contributed by atoms with Crippen LogP contribution in [0.3, 0.4) is 0 Å². The Morgan fingerprint density at radius 2 is 1.96 bits per heavy atom. The smallest absolute Gasteiger partial charge is 0.307 e. The van der Waals surface area contributed by atoms with Gasteiger partial charge in [-0.2, -0.15) is 0 Å². The van der Waals surface area contributed by atoms with Gasteiger partial charge in [0.15, 0.2) is 0 Å². The van der Waals surface area contributed by atoms with Gasteiger partial charge in [0.05, 0.1) is 25.3 Å². The molecule has 120 valence electrons. The summed E-state index contributed by atoms with van der Waals surface area (Å²) in [7, 11) is 0. The second-order valence-electron chi connectivity index (χ2n) is 4.93. The van der Waals surface area contributed by atoms with Crippen LogP contribution in [0.5, 0.6) is 5.75 Å². The van der Waals surface area contributed by atoms with Crippen LogP contribution >= 0.6 is 0 Å². The normalized spacial score (nSPS) is 10.8. The fourth-order valence-corrected chi connectivity index (χ4v) is 2.03. The predicted molar refractivity (Wildman–Crippen MR) is 87.1 cm³/mol. The number of benzene rings is 1. The van der Waals surface area contributed by atoms with Crippen LogP contribution in [0, 0.1) is 0 Å². The minimum absolute atomic E-state index is 0.0888. The van der Waals surface area contributed by atoms with E-state index in [-0.39, 0.29) is 13.0 Å². The molecule has 1 aromatic heterocycles. The van der Waals surface area contributed by atoms with Crippen molar-refractivity contribution < 1.29 is 19.7 Å². The first kappa shape index (κ1) is 16.7. The molecule has 0 saturated carbocycles. The molecule has 0 fully saturated rings. The van der Waals surface area contributed by atoms with Crippen molar-refractivity contribution in [1.29, 1.82) is 0 Å². The number of hydrogen-bond acceptors (Lipinski definition) is 4. The zero-order chi connectivity index (χ0) is 16.5. The van der Waals surface area contributed by atoms with Gasteiger partial charge in [-0.1, -0.05) is 36.4 Å². The number of carboxylic acids is 1. The third-order valence-electron chi connectivity index (χ3n) is 3.16. The minimum Gasteiger partial charge on any atom is -0.491 e. The Labute approximate surface area is 134 Å². The molecule has 5 heteroatoms. The summed E-state index contributed by atoms with van der Waals surface area (Å²) in [5, 5.41) is 17.9. The lowest BCUT2D eigenvalue weighted by molar-refractivity contribution is -0.135. The van der Waals surface area contributed by atoms with Crippen molar-refractivity contribution in [3.05, 3.63) is 65.5 Å². The number of nitrogens with zero attached hydrogens (tertiary/aromatic N) is 1. The molecule has 2 N–H and O–H groups in total. The predicted octanol–water partition coefficient (Wildman–Crippen LogP) is 2.68. The third-order valence-corrected chi connectivity index (χ3v) is 3.16. The lowest BCUT2D eigenvalue weighted by atomic mass is 10.2. The molecule has 5 nitrogen and oxygen atoms in total. The van der Waals surface area contributed by atoms with E-state index < -0.39 is 5.97 Å². The van der Waals surface area contributed by atoms with Crippen LogP contribution in [0.1, 0.15) is 23.4 Å². The quantitative estimate of drug-likeness (QED) is 0.783. The summed E-state index contributed by atoms with van der Waals surface area (Å²) >= 11 is 0. The summed E-state index contributed by atoms with van der Waals surface area (Å²) < 4.78 is 5.76. The first-order chi connectivity index (χ1) is 11.2. The number of pyridine rings is 1. The molecule has 0 aliphatic heterocycles. The highest BCUT2D eigenvalue weighted by Crippen LogP contribution is 2.19. The molecule has 2 rings (SSSR count). The molecule has 0 aliphatic rings. The monoisotopic (exact) mass is 313 g/mol. The summed E-state index contributed by atoms with van der Waals surface area (Å²) in [6.45, 7) is 0.313. The first-order valence-corrected chi connectivity index (χ1v) is 7.35. The Balaban J connectivity index is 2.04. The van der Waals surface area contributed by atoms with Crippen molar-refractivity contribution in [2.75, 3.05) is 6.61 Å². The van der Waals surface area contributed by atoms with Gasteiger partial charge in [-0.15, -0.1) is 0 Å². The number of carboxylic acid groups (broad SMARTS) is 1. The van der Waals surface area contributed by atoms with Crippen LogP contribution in [0.4, 0.5) is 0 Å². The highest BCUT2D eigenvalue weighted by molar-refractivity contribution is 5.70. The number of aliphatic hydroxyl groups excluding tert-OH is 1. The van der Waals surface area contributed by atoms with Crippen molar-refractivity contribution in [3.8, 4) is 5.75 Å². The number of rotatable bonds is 8. The molecule has 0 saturated heterocycles. The third kappa shape index (κ3) is 5.56. The number of ether oxygens (including phenoxy) is 1. The maximum Gasteiger partial charge on any atom is 0.307 e. The highest BCUT2D eigenvalue weighted by atomic mass is 16.5. The SMILES string of the molecule is O=C(O)CC=Cc1nc(CO)ccc1OCCc1ccccc1. The van der Waals surface area contributed by atoms with Crippen LogP contribution in [-0.4, -0.2) is 27.8 Å². The summed E-state index contributed by atoms with van der Waals surface area (Å²) in [6, 6.07) is 13.4. The molecule has 0 spiro atoms. The molecule has 23 heavy (non-hydrogen) atoms. The Hall–Kier alpha value is -2.66.